The molecule has 0 aromatic heterocycles. The van der Waals surface area contributed by atoms with Crippen LogP contribution in [0, 0.1) is 0 Å². The van der Waals surface area contributed by atoms with Crippen molar-refractivity contribution >= 4 is 11.9 Å². The van der Waals surface area contributed by atoms with E-state index in [1.807, 2.05) is 13.8 Å². The van der Waals surface area contributed by atoms with Crippen molar-refractivity contribution in [3.05, 3.63) is 0 Å². The first kappa shape index (κ1) is 15.4. The number of nitrogens with zero attached hydrogens (tertiary/aromatic N) is 1. The minimum atomic E-state index is -0.211. The van der Waals surface area contributed by atoms with Crippen molar-refractivity contribution in [1.29, 1.82) is 0 Å². The summed E-state index contributed by atoms with van der Waals surface area (Å²) in [6, 6.07) is 0. The second kappa shape index (κ2) is 10.0. The first-order valence-corrected chi connectivity index (χ1v) is 4.88. The van der Waals surface area contributed by atoms with Gasteiger partial charge >= 0.3 is 5.97 Å². The minimum Gasteiger partial charge on any atom is -0.466 e. The molecule has 4 heteroatoms. The highest BCUT2D eigenvalue weighted by molar-refractivity contribution is 5.73. The van der Waals surface area contributed by atoms with Gasteiger partial charge in [-0.2, -0.15) is 0 Å². The molecule has 84 valence electrons. The monoisotopic (exact) mass is 203 g/mol. The Balaban J connectivity index is 0. The summed E-state index contributed by atoms with van der Waals surface area (Å²) in [4.78, 5) is 22.1. The number of rotatable bonds is 3. The summed E-state index contributed by atoms with van der Waals surface area (Å²) in [5.74, 6) is -0.0486. The highest BCUT2D eigenvalue weighted by Crippen LogP contribution is 1.84. The molecule has 0 rings (SSSR count). The van der Waals surface area contributed by atoms with Gasteiger partial charge in [0.25, 0.3) is 0 Å². The van der Waals surface area contributed by atoms with Crippen LogP contribution in [0.2, 0.25) is 0 Å². The summed E-state index contributed by atoms with van der Waals surface area (Å²) in [5, 5.41) is 0. The molecule has 0 aliphatic carbocycles. The molecule has 1 amide bonds. The van der Waals surface area contributed by atoms with Crippen LogP contribution in [-0.2, 0) is 14.3 Å². The van der Waals surface area contributed by atoms with E-state index in [0.717, 1.165) is 13.1 Å². The second-order valence-electron chi connectivity index (χ2n) is 2.62. The molecule has 0 bridgehead atoms. The number of amides is 1. The zero-order chi connectivity index (χ0) is 11.6. The van der Waals surface area contributed by atoms with Gasteiger partial charge in [-0.15, -0.1) is 0 Å². The number of hydrogen-bond donors (Lipinski definition) is 0. The number of carbonyl (C=O) groups excluding carboxylic acids is 2. The molecule has 0 saturated carbocycles. The van der Waals surface area contributed by atoms with Crippen LogP contribution in [0.25, 0.3) is 0 Å². The van der Waals surface area contributed by atoms with Gasteiger partial charge in [0.15, 0.2) is 0 Å². The number of carbonyl (C=O) groups is 2. The lowest BCUT2D eigenvalue weighted by Crippen LogP contribution is -2.27. The minimum absolute atomic E-state index is 0.162. The van der Waals surface area contributed by atoms with Crippen LogP contribution in [0.3, 0.4) is 0 Å². The first-order chi connectivity index (χ1) is 6.49. The van der Waals surface area contributed by atoms with E-state index in [9.17, 15) is 9.59 Å². The molecule has 14 heavy (non-hydrogen) atoms. The maximum Gasteiger partial charge on any atom is 0.302 e. The van der Waals surface area contributed by atoms with E-state index < -0.39 is 0 Å². The summed E-state index contributed by atoms with van der Waals surface area (Å²) in [6.07, 6.45) is 0. The molecular formula is C10H21NO3. The van der Waals surface area contributed by atoms with Crippen molar-refractivity contribution in [1.82, 2.24) is 4.90 Å². The van der Waals surface area contributed by atoms with E-state index in [0.29, 0.717) is 6.61 Å². The summed E-state index contributed by atoms with van der Waals surface area (Å²) < 4.78 is 4.40. The van der Waals surface area contributed by atoms with Crippen molar-refractivity contribution in [2.45, 2.75) is 34.6 Å². The third kappa shape index (κ3) is 10.9. The molecule has 0 aromatic rings. The number of ether oxygens (including phenoxy) is 1. The van der Waals surface area contributed by atoms with Crippen LogP contribution in [0.1, 0.15) is 34.6 Å². The van der Waals surface area contributed by atoms with Gasteiger partial charge in [-0.05, 0) is 20.8 Å². The molecule has 0 aliphatic heterocycles. The molecule has 0 radical (unpaired) electrons. The molecule has 0 atom stereocenters. The van der Waals surface area contributed by atoms with Gasteiger partial charge in [-0.3, -0.25) is 9.59 Å². The lowest BCUT2D eigenvalue weighted by molar-refractivity contribution is -0.140. The highest BCUT2D eigenvalue weighted by atomic mass is 16.5. The van der Waals surface area contributed by atoms with Crippen molar-refractivity contribution in [3.63, 3.8) is 0 Å². The van der Waals surface area contributed by atoms with Gasteiger partial charge < -0.3 is 9.64 Å². The maximum atomic E-state index is 10.5. The third-order valence-electron chi connectivity index (χ3n) is 1.56. The average Bonchev–Trinajstić information content (AvgIpc) is 2.06. The Bertz CT molecular complexity index is 165. The second-order valence-corrected chi connectivity index (χ2v) is 2.62. The van der Waals surface area contributed by atoms with Gasteiger partial charge in [0.1, 0.15) is 0 Å². The smallest absolute Gasteiger partial charge is 0.302 e. The van der Waals surface area contributed by atoms with Crippen molar-refractivity contribution in [3.8, 4) is 0 Å². The SMILES string of the molecule is CCN(CC)C(C)=O.CCOC(C)=O. The van der Waals surface area contributed by atoms with Crippen LogP contribution in [-0.4, -0.2) is 36.5 Å². The van der Waals surface area contributed by atoms with E-state index in [4.69, 9.17) is 0 Å². The quantitative estimate of drug-likeness (QED) is 0.652. The summed E-state index contributed by atoms with van der Waals surface area (Å²) >= 11 is 0. The highest BCUT2D eigenvalue weighted by Gasteiger charge is 1.99. The van der Waals surface area contributed by atoms with Crippen molar-refractivity contribution in [2.24, 2.45) is 0 Å². The van der Waals surface area contributed by atoms with Gasteiger partial charge in [-0.25, -0.2) is 0 Å². The fraction of sp³-hybridized carbons (Fsp3) is 0.800. The van der Waals surface area contributed by atoms with E-state index in [1.165, 1.54) is 6.92 Å². The van der Waals surface area contributed by atoms with Crippen LogP contribution >= 0.6 is 0 Å². The number of esters is 1. The van der Waals surface area contributed by atoms with Gasteiger partial charge in [0.05, 0.1) is 6.61 Å². The molecular weight excluding hydrogens is 182 g/mol. The molecule has 4 nitrogen and oxygen atoms in total. The molecule has 0 fully saturated rings. The average molecular weight is 203 g/mol. The Morgan fingerprint density at radius 1 is 1.07 bits per heavy atom. The lowest BCUT2D eigenvalue weighted by atomic mass is 10.5. The fourth-order valence-electron chi connectivity index (χ4n) is 0.872. The van der Waals surface area contributed by atoms with Crippen LogP contribution in [0.4, 0.5) is 0 Å². The van der Waals surface area contributed by atoms with Gasteiger partial charge in [-0.1, -0.05) is 0 Å². The third-order valence-corrected chi connectivity index (χ3v) is 1.56. The molecule has 0 aliphatic rings. The topological polar surface area (TPSA) is 46.6 Å². The van der Waals surface area contributed by atoms with E-state index >= 15 is 0 Å². The fourth-order valence-corrected chi connectivity index (χ4v) is 0.872. The van der Waals surface area contributed by atoms with Gasteiger partial charge in [0, 0.05) is 26.9 Å². The Kier molecular flexibility index (Phi) is 11.0. The van der Waals surface area contributed by atoms with Crippen LogP contribution in [0.15, 0.2) is 0 Å². The molecule has 0 saturated heterocycles. The van der Waals surface area contributed by atoms with E-state index in [1.54, 1.807) is 18.7 Å². The summed E-state index contributed by atoms with van der Waals surface area (Å²) in [7, 11) is 0. The Hall–Kier alpha value is -1.06. The molecule has 0 heterocycles. The van der Waals surface area contributed by atoms with E-state index in [-0.39, 0.29) is 11.9 Å². The predicted molar refractivity (Wildman–Crippen MR) is 55.9 cm³/mol. The maximum absolute atomic E-state index is 10.5. The molecule has 0 aromatic carbocycles. The normalized spacial score (nSPS) is 8.36. The Labute approximate surface area is 86.2 Å². The van der Waals surface area contributed by atoms with Gasteiger partial charge in [0.2, 0.25) is 5.91 Å². The largest absolute Gasteiger partial charge is 0.466 e. The Morgan fingerprint density at radius 2 is 1.50 bits per heavy atom. The summed E-state index contributed by atoms with van der Waals surface area (Å²) in [6.45, 7) is 10.8. The van der Waals surface area contributed by atoms with Crippen LogP contribution < -0.4 is 0 Å². The molecule has 0 unspecified atom stereocenters. The Morgan fingerprint density at radius 3 is 1.50 bits per heavy atom. The zero-order valence-corrected chi connectivity index (χ0v) is 9.79. The van der Waals surface area contributed by atoms with Crippen molar-refractivity contribution in [2.75, 3.05) is 19.7 Å². The number of hydrogen-bond acceptors (Lipinski definition) is 3. The predicted octanol–water partition coefficient (Wildman–Crippen LogP) is 1.44. The van der Waals surface area contributed by atoms with Crippen molar-refractivity contribution < 1.29 is 14.3 Å². The van der Waals surface area contributed by atoms with Crippen LogP contribution in [0.5, 0.6) is 0 Å². The lowest BCUT2D eigenvalue weighted by Gasteiger charge is -2.14. The summed E-state index contributed by atoms with van der Waals surface area (Å²) in [5.41, 5.74) is 0. The zero-order valence-electron chi connectivity index (χ0n) is 9.79. The standard InChI is InChI=1S/C6H13NO.C4H8O2/c1-4-7(5-2)6(3)8;1-3-6-4(2)5/h4-5H2,1-3H3;3H2,1-2H3. The molecule has 0 N–H and O–H groups in total. The van der Waals surface area contributed by atoms with E-state index in [2.05, 4.69) is 4.74 Å². The molecule has 0 spiro atoms. The first-order valence-electron chi connectivity index (χ1n) is 4.88.